The van der Waals surface area contributed by atoms with E-state index >= 15 is 0 Å². The average molecular weight is 544 g/mol. The molecular weight excluding hydrogens is 524 g/mol. The predicted octanol–water partition coefficient (Wildman–Crippen LogP) is 3.30. The Morgan fingerprint density at radius 3 is 2.50 bits per heavy atom. The number of halogens is 3. The Kier molecular flexibility index (Phi) is 8.12. The van der Waals surface area contributed by atoms with E-state index < -0.39 is 29.0 Å². The van der Waals surface area contributed by atoms with Crippen molar-refractivity contribution in [3.8, 4) is 11.6 Å². The molecule has 2 aromatic carbocycles. The van der Waals surface area contributed by atoms with Crippen LogP contribution in [-0.2, 0) is 22.6 Å². The van der Waals surface area contributed by atoms with E-state index in [0.29, 0.717) is 10.6 Å². The highest BCUT2D eigenvalue weighted by Crippen LogP contribution is 2.26. The number of ether oxygens (including phenoxy) is 2. The molecule has 0 aliphatic heterocycles. The molecule has 4 rings (SSSR count). The molecule has 0 atom stereocenters. The molecule has 10 nitrogen and oxygen atoms in total. The summed E-state index contributed by atoms with van der Waals surface area (Å²) in [4.78, 5) is 48.0. The largest absolute Gasteiger partial charge is 0.469 e. The van der Waals surface area contributed by atoms with Gasteiger partial charge in [-0.05, 0) is 35.9 Å². The number of hydrogen-bond acceptors (Lipinski definition) is 7. The van der Waals surface area contributed by atoms with E-state index in [1.54, 1.807) is 24.3 Å². The number of rotatable bonds is 8. The van der Waals surface area contributed by atoms with E-state index in [2.05, 4.69) is 19.7 Å². The number of pyridine rings is 1. The number of hydrogen-bond donors (Lipinski definition) is 1. The highest BCUT2D eigenvalue weighted by molar-refractivity contribution is 6.30. The molecule has 0 spiro atoms. The van der Waals surface area contributed by atoms with E-state index in [-0.39, 0.29) is 42.4 Å². The first-order chi connectivity index (χ1) is 18.2. The van der Waals surface area contributed by atoms with Gasteiger partial charge >= 0.3 is 17.3 Å². The Balaban J connectivity index is 1.74. The number of benzene rings is 2. The summed E-state index contributed by atoms with van der Waals surface area (Å²) in [7, 11) is 1.20. The minimum absolute atomic E-state index is 0.0102. The van der Waals surface area contributed by atoms with Gasteiger partial charge in [-0.25, -0.2) is 32.9 Å². The zero-order chi connectivity index (χ0) is 27.2. The topological polar surface area (TPSA) is 121 Å². The van der Waals surface area contributed by atoms with Crippen molar-refractivity contribution in [2.24, 2.45) is 4.99 Å². The first-order valence-electron chi connectivity index (χ1n) is 11.1. The molecule has 2 aromatic heterocycles. The summed E-state index contributed by atoms with van der Waals surface area (Å²) < 4.78 is 39.7. The van der Waals surface area contributed by atoms with Gasteiger partial charge in [0.15, 0.2) is 11.6 Å². The second-order valence-corrected chi connectivity index (χ2v) is 8.31. The molecule has 196 valence electrons. The van der Waals surface area contributed by atoms with E-state index in [1.807, 2.05) is 0 Å². The van der Waals surface area contributed by atoms with Crippen molar-refractivity contribution in [1.29, 1.82) is 0 Å². The van der Waals surface area contributed by atoms with Crippen molar-refractivity contribution < 1.29 is 23.0 Å². The van der Waals surface area contributed by atoms with Crippen LogP contribution in [0.4, 0.5) is 14.5 Å². The van der Waals surface area contributed by atoms with E-state index in [0.717, 1.165) is 22.9 Å². The average Bonchev–Trinajstić information content (AvgIpc) is 2.90. The standard InChI is InChI=1S/C25H20ClF2N5O5/c1-37-22(34)10-11-32-24(35)31-23(33(25(32)36)14-15-2-4-16(26)5-3-15)30-18-7-8-20(19(28)12-18)38-21-9-6-17(27)13-29-21/h2-9,12-13H,10-11,14H2,1H3,(H,30,31,35). The highest BCUT2D eigenvalue weighted by atomic mass is 35.5. The summed E-state index contributed by atoms with van der Waals surface area (Å²) in [6.07, 6.45) is 0.729. The third-order valence-electron chi connectivity index (χ3n) is 5.27. The highest BCUT2D eigenvalue weighted by Gasteiger charge is 2.13. The lowest BCUT2D eigenvalue weighted by molar-refractivity contribution is -0.140. The fourth-order valence-electron chi connectivity index (χ4n) is 3.36. The Hall–Kier alpha value is -4.58. The monoisotopic (exact) mass is 543 g/mol. The van der Waals surface area contributed by atoms with Crippen LogP contribution in [-0.4, -0.2) is 32.2 Å². The number of carbonyl (C=O) groups excluding carboxylic acids is 1. The number of methoxy groups -OCH3 is 1. The molecule has 0 bridgehead atoms. The molecule has 38 heavy (non-hydrogen) atoms. The molecule has 0 fully saturated rings. The Morgan fingerprint density at radius 1 is 1.08 bits per heavy atom. The number of H-pyrrole nitrogens is 1. The number of carbonyl (C=O) groups is 1. The Bertz CT molecular complexity index is 1650. The minimum atomic E-state index is -0.812. The molecule has 1 N–H and O–H groups in total. The molecule has 0 unspecified atom stereocenters. The van der Waals surface area contributed by atoms with Gasteiger partial charge in [0.1, 0.15) is 5.82 Å². The number of esters is 1. The van der Waals surface area contributed by atoms with Gasteiger partial charge in [-0.15, -0.1) is 0 Å². The number of nitrogens with one attached hydrogen (secondary N) is 1. The second kappa shape index (κ2) is 11.6. The second-order valence-electron chi connectivity index (χ2n) is 7.87. The molecule has 2 heterocycles. The van der Waals surface area contributed by atoms with Gasteiger partial charge in [-0.2, -0.15) is 0 Å². The van der Waals surface area contributed by atoms with Crippen LogP contribution in [0.15, 0.2) is 75.4 Å². The van der Waals surface area contributed by atoms with Gasteiger partial charge in [-0.1, -0.05) is 23.7 Å². The molecule has 0 aliphatic rings. The number of aromatic amines is 1. The van der Waals surface area contributed by atoms with Crippen molar-refractivity contribution in [3.05, 3.63) is 110 Å². The predicted molar refractivity (Wildman–Crippen MR) is 132 cm³/mol. The third kappa shape index (κ3) is 6.40. The SMILES string of the molecule is COC(=O)CCn1c(=O)[nH]/c(=N\c2ccc(Oc3ccc(F)cn3)c(F)c2)n(Cc2ccc(Cl)cc2)c1=O. The molecule has 0 aliphatic carbocycles. The van der Waals surface area contributed by atoms with Crippen molar-refractivity contribution in [1.82, 2.24) is 19.1 Å². The summed E-state index contributed by atoms with van der Waals surface area (Å²) in [6.45, 7) is -0.233. The van der Waals surface area contributed by atoms with E-state index in [1.165, 1.54) is 29.9 Å². The summed E-state index contributed by atoms with van der Waals surface area (Å²) in [5.74, 6) is -2.18. The van der Waals surface area contributed by atoms with Gasteiger partial charge in [0, 0.05) is 23.7 Å². The van der Waals surface area contributed by atoms with Crippen LogP contribution >= 0.6 is 11.6 Å². The molecule has 13 heteroatoms. The minimum Gasteiger partial charge on any atom is -0.469 e. The summed E-state index contributed by atoms with van der Waals surface area (Å²) in [6, 6.07) is 12.7. The fourth-order valence-corrected chi connectivity index (χ4v) is 3.48. The lowest BCUT2D eigenvalue weighted by Gasteiger charge is -2.11. The van der Waals surface area contributed by atoms with E-state index in [9.17, 15) is 23.2 Å². The number of aromatic nitrogens is 4. The van der Waals surface area contributed by atoms with Gasteiger partial charge in [0.05, 0.1) is 32.0 Å². The molecule has 0 amide bonds. The summed E-state index contributed by atoms with van der Waals surface area (Å²) >= 11 is 5.95. The molecular formula is C25H20ClF2N5O5. The molecule has 4 aromatic rings. The van der Waals surface area contributed by atoms with Crippen LogP contribution in [0.3, 0.4) is 0 Å². The van der Waals surface area contributed by atoms with E-state index in [4.69, 9.17) is 16.3 Å². The maximum Gasteiger partial charge on any atom is 0.335 e. The molecule has 0 saturated heterocycles. The van der Waals surface area contributed by atoms with Gasteiger partial charge in [0.25, 0.3) is 0 Å². The fraction of sp³-hybridized carbons (Fsp3) is 0.160. The van der Waals surface area contributed by atoms with Crippen LogP contribution in [0.2, 0.25) is 5.02 Å². The number of nitrogens with zero attached hydrogens (tertiary/aromatic N) is 4. The van der Waals surface area contributed by atoms with Crippen molar-refractivity contribution >= 4 is 23.3 Å². The van der Waals surface area contributed by atoms with Gasteiger partial charge in [-0.3, -0.25) is 14.3 Å². The smallest absolute Gasteiger partial charge is 0.335 e. The zero-order valence-corrected chi connectivity index (χ0v) is 20.6. The summed E-state index contributed by atoms with van der Waals surface area (Å²) in [5, 5.41) is 0.495. The Morgan fingerprint density at radius 2 is 1.84 bits per heavy atom. The van der Waals surface area contributed by atoms with Crippen LogP contribution in [0, 0.1) is 11.6 Å². The first kappa shape index (κ1) is 26.5. The van der Waals surface area contributed by atoms with Crippen LogP contribution in [0.5, 0.6) is 11.6 Å². The first-order valence-corrected chi connectivity index (χ1v) is 11.5. The quantitative estimate of drug-likeness (QED) is 0.340. The van der Waals surface area contributed by atoms with Crippen LogP contribution in [0.25, 0.3) is 0 Å². The zero-order valence-electron chi connectivity index (χ0n) is 19.9. The summed E-state index contributed by atoms with van der Waals surface area (Å²) in [5.41, 5.74) is -0.977. The van der Waals surface area contributed by atoms with Gasteiger partial charge in [0.2, 0.25) is 11.5 Å². The van der Waals surface area contributed by atoms with Crippen LogP contribution in [0.1, 0.15) is 12.0 Å². The lowest BCUT2D eigenvalue weighted by Crippen LogP contribution is -2.50. The van der Waals surface area contributed by atoms with Crippen molar-refractivity contribution in [3.63, 3.8) is 0 Å². The maximum atomic E-state index is 14.7. The third-order valence-corrected chi connectivity index (χ3v) is 5.52. The normalized spacial score (nSPS) is 11.4. The van der Waals surface area contributed by atoms with Crippen LogP contribution < -0.4 is 21.7 Å². The lowest BCUT2D eigenvalue weighted by atomic mass is 10.2. The maximum absolute atomic E-state index is 14.7. The van der Waals surface area contributed by atoms with Crippen molar-refractivity contribution in [2.75, 3.05) is 7.11 Å². The van der Waals surface area contributed by atoms with Gasteiger partial charge < -0.3 is 9.47 Å². The Labute approximate surface area is 218 Å². The van der Waals surface area contributed by atoms with Crippen molar-refractivity contribution in [2.45, 2.75) is 19.5 Å². The molecule has 0 saturated carbocycles. The molecule has 0 radical (unpaired) electrons.